The van der Waals surface area contributed by atoms with Crippen LogP contribution >= 0.6 is 0 Å². The second kappa shape index (κ2) is 9.77. The van der Waals surface area contributed by atoms with Crippen molar-refractivity contribution in [2.45, 2.75) is 39.5 Å². The summed E-state index contributed by atoms with van der Waals surface area (Å²) in [5.74, 6) is 0.813. The summed E-state index contributed by atoms with van der Waals surface area (Å²) in [6.45, 7) is 11.0. The van der Waals surface area contributed by atoms with Crippen LogP contribution < -0.4 is 9.80 Å². The van der Waals surface area contributed by atoms with E-state index in [1.165, 1.54) is 44.8 Å². The van der Waals surface area contributed by atoms with Gasteiger partial charge in [-0.05, 0) is 63.4 Å². The monoisotopic (exact) mass is 478 g/mol. The zero-order chi connectivity index (χ0) is 25.4. The smallest absolute Gasteiger partial charge is 0.0938 e. The third kappa shape index (κ3) is 4.73. The summed E-state index contributed by atoms with van der Waals surface area (Å²) in [4.78, 5) is 9.09. The van der Waals surface area contributed by atoms with Gasteiger partial charge in [0.15, 0.2) is 0 Å². The van der Waals surface area contributed by atoms with Crippen LogP contribution in [0.25, 0.3) is 22.3 Å². The number of benzene rings is 3. The highest BCUT2D eigenvalue weighted by Gasteiger charge is 2.22. The fraction of sp³-hybridized carbons (Fsp3) is 0.312. The Morgan fingerprint density at radius 3 is 1.47 bits per heavy atom. The third-order valence-electron chi connectivity index (χ3n) is 7.16. The third-order valence-corrected chi connectivity index (χ3v) is 7.16. The van der Waals surface area contributed by atoms with Gasteiger partial charge in [0.05, 0.1) is 13.3 Å². The molecule has 0 amide bonds. The van der Waals surface area contributed by atoms with Crippen LogP contribution in [0.5, 0.6) is 0 Å². The van der Waals surface area contributed by atoms with Gasteiger partial charge in [0.2, 0.25) is 0 Å². The van der Waals surface area contributed by atoms with Crippen LogP contribution in [0, 0.1) is 0 Å². The van der Waals surface area contributed by atoms with E-state index in [-0.39, 0.29) is 0 Å². The molecule has 3 aromatic carbocycles. The Balaban J connectivity index is 1.72. The first-order valence-electron chi connectivity index (χ1n) is 13.0. The van der Waals surface area contributed by atoms with Gasteiger partial charge in [-0.25, -0.2) is 0 Å². The van der Waals surface area contributed by atoms with Crippen molar-refractivity contribution in [2.75, 3.05) is 37.2 Å². The Hall–Kier alpha value is -3.66. The zero-order valence-corrected chi connectivity index (χ0v) is 22.4. The number of nitrogens with zero attached hydrogens (tertiary/aromatic N) is 4. The summed E-state index contributed by atoms with van der Waals surface area (Å²) in [6.07, 6.45) is 8.65. The fourth-order valence-electron chi connectivity index (χ4n) is 5.19. The van der Waals surface area contributed by atoms with Gasteiger partial charge < -0.3 is 19.6 Å². The van der Waals surface area contributed by atoms with E-state index in [0.717, 1.165) is 13.3 Å². The van der Waals surface area contributed by atoms with Gasteiger partial charge in [0.25, 0.3) is 0 Å². The predicted octanol–water partition coefficient (Wildman–Crippen LogP) is 7.63. The van der Waals surface area contributed by atoms with Crippen molar-refractivity contribution < 1.29 is 0 Å². The molecule has 4 nitrogen and oxygen atoms in total. The minimum atomic E-state index is 0.406. The molecule has 0 bridgehead atoms. The van der Waals surface area contributed by atoms with Crippen molar-refractivity contribution in [3.8, 4) is 22.3 Å². The summed E-state index contributed by atoms with van der Waals surface area (Å²) in [5.41, 5.74) is 10.5. The molecule has 2 heterocycles. The average molecular weight is 479 g/mol. The second-order valence-corrected chi connectivity index (χ2v) is 10.8. The molecule has 0 saturated carbocycles. The van der Waals surface area contributed by atoms with Gasteiger partial charge in [-0.3, -0.25) is 0 Å². The standard InChI is InChI=1S/C32H38N4/c1-23(2)30-18-26(25-10-8-7-9-11-25)19-31(24(3)4)32(30)27-16-28(35-14-12-33(5)21-35)20-29(17-27)36-15-13-34(6)22-36/h7-20,23-24H,21-22H2,1-6H3. The van der Waals surface area contributed by atoms with Crippen molar-refractivity contribution in [2.24, 2.45) is 0 Å². The molecular formula is C32H38N4. The largest absolute Gasteiger partial charge is 0.361 e. The van der Waals surface area contributed by atoms with Gasteiger partial charge in [-0.15, -0.1) is 0 Å². The maximum Gasteiger partial charge on any atom is 0.0938 e. The summed E-state index contributed by atoms with van der Waals surface area (Å²) in [6, 6.07) is 22.7. The first-order chi connectivity index (χ1) is 17.3. The normalized spacial score (nSPS) is 15.3. The molecule has 3 aromatic rings. The first kappa shape index (κ1) is 24.1. The van der Waals surface area contributed by atoms with Gasteiger partial charge in [0.1, 0.15) is 0 Å². The predicted molar refractivity (Wildman–Crippen MR) is 154 cm³/mol. The van der Waals surface area contributed by atoms with Crippen LogP contribution in [-0.2, 0) is 0 Å². The van der Waals surface area contributed by atoms with Gasteiger partial charge in [0, 0.05) is 50.3 Å². The lowest BCUT2D eigenvalue weighted by Gasteiger charge is -2.27. The van der Waals surface area contributed by atoms with Crippen LogP contribution in [0.2, 0.25) is 0 Å². The van der Waals surface area contributed by atoms with Gasteiger partial charge in [-0.1, -0.05) is 70.2 Å². The van der Waals surface area contributed by atoms with Crippen LogP contribution in [0.3, 0.4) is 0 Å². The van der Waals surface area contributed by atoms with Crippen molar-refractivity contribution in [3.63, 3.8) is 0 Å². The maximum atomic E-state index is 2.42. The Labute approximate surface area is 216 Å². The van der Waals surface area contributed by atoms with Crippen molar-refractivity contribution in [1.29, 1.82) is 0 Å². The Kier molecular flexibility index (Phi) is 6.53. The Morgan fingerprint density at radius 1 is 0.556 bits per heavy atom. The molecule has 0 fully saturated rings. The summed E-state index contributed by atoms with van der Waals surface area (Å²) in [5, 5.41) is 0. The van der Waals surface area contributed by atoms with Gasteiger partial charge >= 0.3 is 0 Å². The molecule has 0 unspecified atom stereocenters. The lowest BCUT2D eigenvalue weighted by Crippen LogP contribution is -2.24. The van der Waals surface area contributed by atoms with E-state index in [0.29, 0.717) is 11.8 Å². The van der Waals surface area contributed by atoms with E-state index in [4.69, 9.17) is 0 Å². The van der Waals surface area contributed by atoms with Crippen LogP contribution in [0.1, 0.15) is 50.7 Å². The number of anilines is 2. The highest BCUT2D eigenvalue weighted by molar-refractivity contribution is 5.83. The lowest BCUT2D eigenvalue weighted by atomic mass is 9.82. The Morgan fingerprint density at radius 2 is 1.06 bits per heavy atom. The molecule has 0 saturated heterocycles. The van der Waals surface area contributed by atoms with E-state index in [1.54, 1.807) is 0 Å². The molecule has 0 N–H and O–H groups in total. The lowest BCUT2D eigenvalue weighted by molar-refractivity contribution is 0.494. The van der Waals surface area contributed by atoms with Gasteiger partial charge in [-0.2, -0.15) is 0 Å². The molecule has 0 radical (unpaired) electrons. The minimum absolute atomic E-state index is 0.406. The quantitative estimate of drug-likeness (QED) is 0.361. The number of rotatable bonds is 6. The minimum Gasteiger partial charge on any atom is -0.361 e. The van der Waals surface area contributed by atoms with Crippen LogP contribution in [0.4, 0.5) is 11.4 Å². The molecule has 0 aromatic heterocycles. The molecule has 36 heavy (non-hydrogen) atoms. The van der Waals surface area contributed by atoms with Crippen molar-refractivity contribution >= 4 is 11.4 Å². The molecule has 4 heteroatoms. The molecule has 0 spiro atoms. The molecule has 5 rings (SSSR count). The molecule has 0 atom stereocenters. The summed E-state index contributed by atoms with van der Waals surface area (Å²) >= 11 is 0. The average Bonchev–Trinajstić information content (AvgIpc) is 3.51. The van der Waals surface area contributed by atoms with E-state index in [9.17, 15) is 0 Å². The SMILES string of the molecule is CC(C)c1cc(-c2ccccc2)cc(C(C)C)c1-c1cc(N2C=CN(C)C2)cc(N2C=CN(C)C2)c1. The summed E-state index contributed by atoms with van der Waals surface area (Å²) < 4.78 is 0. The van der Waals surface area contributed by atoms with E-state index in [1.807, 2.05) is 0 Å². The van der Waals surface area contributed by atoms with Crippen molar-refractivity contribution in [1.82, 2.24) is 9.80 Å². The first-order valence-corrected chi connectivity index (χ1v) is 13.0. The van der Waals surface area contributed by atoms with E-state index in [2.05, 4.69) is 147 Å². The number of hydrogen-bond donors (Lipinski definition) is 0. The highest BCUT2D eigenvalue weighted by Crippen LogP contribution is 2.42. The molecule has 2 aliphatic heterocycles. The Bertz CT molecular complexity index is 1220. The molecule has 0 aliphatic carbocycles. The zero-order valence-electron chi connectivity index (χ0n) is 22.4. The van der Waals surface area contributed by atoms with Crippen LogP contribution in [0.15, 0.2) is 85.5 Å². The van der Waals surface area contributed by atoms with Crippen molar-refractivity contribution in [3.05, 3.63) is 96.6 Å². The second-order valence-electron chi connectivity index (χ2n) is 10.8. The molecule has 2 aliphatic rings. The molecule has 186 valence electrons. The van der Waals surface area contributed by atoms with E-state index >= 15 is 0 Å². The highest BCUT2D eigenvalue weighted by atomic mass is 15.3. The topological polar surface area (TPSA) is 13.0 Å². The van der Waals surface area contributed by atoms with E-state index < -0.39 is 0 Å². The molecular weight excluding hydrogens is 440 g/mol. The van der Waals surface area contributed by atoms with Crippen LogP contribution in [-0.4, -0.2) is 37.2 Å². The maximum absolute atomic E-state index is 2.42. The fourth-order valence-corrected chi connectivity index (χ4v) is 5.19. The summed E-state index contributed by atoms with van der Waals surface area (Å²) in [7, 11) is 4.24. The number of hydrogen-bond acceptors (Lipinski definition) is 4.